The largest absolute Gasteiger partial charge is 0.490 e. The summed E-state index contributed by atoms with van der Waals surface area (Å²) in [6.07, 6.45) is 2.67. The first-order valence-electron chi connectivity index (χ1n) is 11.6. The fourth-order valence-electron chi connectivity index (χ4n) is 3.79. The molecule has 2 atom stereocenters. The lowest BCUT2D eigenvalue weighted by molar-refractivity contribution is -0.192. The van der Waals surface area contributed by atoms with Crippen LogP contribution in [0.1, 0.15) is 46.9 Å². The third-order valence-electron chi connectivity index (χ3n) is 5.60. The highest BCUT2D eigenvalue weighted by molar-refractivity contribution is 7.20. The Kier molecular flexibility index (Phi) is 10.9. The molecule has 0 saturated heterocycles. The van der Waals surface area contributed by atoms with E-state index in [-0.39, 0.29) is 11.9 Å². The molecule has 4 N–H and O–H groups in total. The Morgan fingerprint density at radius 1 is 1.29 bits per heavy atom. The van der Waals surface area contributed by atoms with Gasteiger partial charge in [-0.1, -0.05) is 30.1 Å². The van der Waals surface area contributed by atoms with E-state index in [1.807, 2.05) is 13.1 Å². The molecule has 1 aliphatic rings. The third kappa shape index (κ3) is 7.91. The number of allylic oxidation sites excluding steroid dienone is 1. The van der Waals surface area contributed by atoms with Gasteiger partial charge in [0.15, 0.2) is 0 Å². The Labute approximate surface area is 230 Å². The second kappa shape index (κ2) is 13.9. The van der Waals surface area contributed by atoms with E-state index in [9.17, 15) is 13.2 Å². The average Bonchev–Trinajstić information content (AvgIpc) is 3.53. The van der Waals surface area contributed by atoms with E-state index in [2.05, 4.69) is 56.0 Å². The zero-order valence-electron chi connectivity index (χ0n) is 20.3. The molecule has 0 fully saturated rings. The van der Waals surface area contributed by atoms with Crippen LogP contribution in [-0.4, -0.2) is 52.0 Å². The van der Waals surface area contributed by atoms with Crippen molar-refractivity contribution in [2.75, 3.05) is 19.0 Å². The van der Waals surface area contributed by atoms with Crippen LogP contribution in [0.25, 0.3) is 10.2 Å². The van der Waals surface area contributed by atoms with Crippen molar-refractivity contribution >= 4 is 56.3 Å². The number of fused-ring (bicyclic) bond motifs is 1. The van der Waals surface area contributed by atoms with Crippen molar-refractivity contribution in [1.82, 2.24) is 15.3 Å². The van der Waals surface area contributed by atoms with Crippen LogP contribution in [0, 0.1) is 11.8 Å². The zero-order chi connectivity index (χ0) is 27.7. The van der Waals surface area contributed by atoms with Gasteiger partial charge in [0.2, 0.25) is 5.28 Å². The summed E-state index contributed by atoms with van der Waals surface area (Å²) in [4.78, 5) is 20.4. The fraction of sp³-hybridized carbons (Fsp3) is 0.400. The lowest BCUT2D eigenvalue weighted by atomic mass is 9.86. The van der Waals surface area contributed by atoms with Gasteiger partial charge in [0, 0.05) is 34.7 Å². The highest BCUT2D eigenvalue weighted by Gasteiger charge is 2.38. The summed E-state index contributed by atoms with van der Waals surface area (Å²) in [6, 6.07) is 4.49. The molecule has 0 spiro atoms. The van der Waals surface area contributed by atoms with Crippen molar-refractivity contribution in [2.24, 2.45) is 0 Å². The number of aromatic nitrogens is 2. The van der Waals surface area contributed by atoms with Gasteiger partial charge in [0.25, 0.3) is 0 Å². The number of likely N-dealkylation sites (N-methyl/N-ethyl adjacent to an activating group) is 1. The summed E-state index contributed by atoms with van der Waals surface area (Å²) in [7, 11) is 2.02. The highest BCUT2D eigenvalue weighted by atomic mass is 35.5. The maximum absolute atomic E-state index is 10.6. The van der Waals surface area contributed by atoms with E-state index < -0.39 is 12.1 Å². The minimum atomic E-state index is -5.08. The molecule has 7 nitrogen and oxygen atoms in total. The minimum Gasteiger partial charge on any atom is -0.475 e. The molecule has 0 radical (unpaired) electrons. The molecule has 0 unspecified atom stereocenters. The van der Waals surface area contributed by atoms with Crippen LogP contribution in [-0.2, 0) is 11.3 Å². The quantitative estimate of drug-likeness (QED) is 0.120. The van der Waals surface area contributed by atoms with Gasteiger partial charge in [-0.3, -0.25) is 0 Å². The Hall–Kier alpha value is -2.69. The summed E-state index contributed by atoms with van der Waals surface area (Å²) in [5.41, 5.74) is 1.76. The number of carboxylic acid groups (broad SMARTS) is 1. The predicted octanol–water partition coefficient (Wildman–Crippen LogP) is 5.80. The topological polar surface area (TPSA) is 107 Å². The van der Waals surface area contributed by atoms with Crippen molar-refractivity contribution in [1.29, 1.82) is 0 Å². The van der Waals surface area contributed by atoms with Crippen molar-refractivity contribution in [3.8, 4) is 11.8 Å². The van der Waals surface area contributed by atoms with Gasteiger partial charge in [-0.25, -0.2) is 9.78 Å². The van der Waals surface area contributed by atoms with Crippen molar-refractivity contribution < 1.29 is 28.2 Å². The van der Waals surface area contributed by atoms with E-state index in [0.29, 0.717) is 31.3 Å². The number of aliphatic hydroxyl groups excluding tert-OH is 1. The number of carbonyl (C=O) groups is 1. The number of alkyl halides is 3. The second-order valence-corrected chi connectivity index (χ2v) is 10.6. The lowest BCUT2D eigenvalue weighted by Crippen LogP contribution is -2.33. The zero-order valence-corrected chi connectivity index (χ0v) is 22.7. The van der Waals surface area contributed by atoms with Crippen LogP contribution in [0.5, 0.6) is 0 Å². The molecule has 0 bridgehead atoms. The Morgan fingerprint density at radius 3 is 2.66 bits per heavy atom. The van der Waals surface area contributed by atoms with Crippen LogP contribution >= 0.6 is 34.3 Å². The van der Waals surface area contributed by atoms with Gasteiger partial charge in [-0.05, 0) is 49.4 Å². The number of unbranched alkanes of at least 4 members (excludes halogenated alkanes) is 1. The molecule has 204 valence electrons. The van der Waals surface area contributed by atoms with Gasteiger partial charge in [0.1, 0.15) is 11.3 Å². The summed E-state index contributed by atoms with van der Waals surface area (Å²) < 4.78 is 32.7. The number of anilines is 1. The number of halogens is 4. The molecule has 1 aliphatic carbocycles. The van der Waals surface area contributed by atoms with Crippen molar-refractivity contribution in [2.45, 2.75) is 50.4 Å². The Balaban J connectivity index is 0.000000505. The van der Waals surface area contributed by atoms with E-state index in [4.69, 9.17) is 26.6 Å². The number of nitrogens with zero attached hydrogens (tertiary/aromatic N) is 2. The van der Waals surface area contributed by atoms with Crippen LogP contribution in [0.15, 0.2) is 29.7 Å². The molecule has 0 aromatic carbocycles. The lowest BCUT2D eigenvalue weighted by Gasteiger charge is -2.27. The van der Waals surface area contributed by atoms with Gasteiger partial charge in [-0.15, -0.1) is 22.7 Å². The number of hydrogen-bond donors (Lipinski definition) is 4. The summed E-state index contributed by atoms with van der Waals surface area (Å²) in [5.74, 6) is 4.90. The Bertz CT molecular complexity index is 1320. The van der Waals surface area contributed by atoms with Gasteiger partial charge in [-0.2, -0.15) is 18.2 Å². The predicted molar refractivity (Wildman–Crippen MR) is 145 cm³/mol. The maximum atomic E-state index is 10.6. The number of thiophene rings is 2. The molecule has 3 aromatic heterocycles. The number of carboxylic acids is 1. The summed E-state index contributed by atoms with van der Waals surface area (Å²) in [6.45, 7) is 0.835. The monoisotopic (exact) mass is 586 g/mol. The number of aliphatic carboxylic acids is 1. The van der Waals surface area contributed by atoms with Gasteiger partial charge >= 0.3 is 12.1 Å². The van der Waals surface area contributed by atoms with E-state index in [1.54, 1.807) is 22.7 Å². The smallest absolute Gasteiger partial charge is 0.475 e. The average molecular weight is 587 g/mol. The molecular formula is C25H26ClF3N4O3S2. The van der Waals surface area contributed by atoms with E-state index >= 15 is 0 Å². The Morgan fingerprint density at radius 2 is 2.03 bits per heavy atom. The highest BCUT2D eigenvalue weighted by Crippen LogP contribution is 2.42. The van der Waals surface area contributed by atoms with Crippen LogP contribution in [0.4, 0.5) is 19.0 Å². The third-order valence-corrected chi connectivity index (χ3v) is 7.96. The van der Waals surface area contributed by atoms with E-state index in [1.165, 1.54) is 9.75 Å². The number of hydrogen-bond acceptors (Lipinski definition) is 8. The SMILES string of the molecule is CN[C@@H]1CC=CC[C@H]1c1sc2c(NCc3cccs3)nc(Cl)nc2c1C#CCCCO.O=C(O)C(F)(F)F. The van der Waals surface area contributed by atoms with Crippen LogP contribution in [0.3, 0.4) is 0 Å². The molecule has 3 heterocycles. The number of nitrogens with one attached hydrogen (secondary N) is 2. The fourth-order valence-corrected chi connectivity index (χ4v) is 5.95. The summed E-state index contributed by atoms with van der Waals surface area (Å²) >= 11 is 9.76. The molecule has 4 rings (SSSR count). The minimum absolute atomic E-state index is 0.145. The first-order valence-corrected chi connectivity index (χ1v) is 13.7. The van der Waals surface area contributed by atoms with Crippen LogP contribution in [0.2, 0.25) is 5.28 Å². The molecule has 0 aliphatic heterocycles. The number of rotatable bonds is 7. The first kappa shape index (κ1) is 29.9. The second-order valence-electron chi connectivity index (χ2n) is 8.17. The van der Waals surface area contributed by atoms with Crippen molar-refractivity contribution in [3.63, 3.8) is 0 Å². The van der Waals surface area contributed by atoms with Crippen molar-refractivity contribution in [3.05, 3.63) is 50.3 Å². The molecule has 13 heteroatoms. The van der Waals surface area contributed by atoms with Gasteiger partial charge in [0.05, 0.1) is 16.8 Å². The molecule has 38 heavy (non-hydrogen) atoms. The normalized spacial score (nSPS) is 16.9. The number of aliphatic hydroxyl groups is 1. The van der Waals surface area contributed by atoms with E-state index in [0.717, 1.165) is 34.4 Å². The van der Waals surface area contributed by atoms with Gasteiger partial charge < -0.3 is 20.8 Å². The molecule has 0 saturated carbocycles. The summed E-state index contributed by atoms with van der Waals surface area (Å²) in [5, 5.41) is 25.4. The first-order chi connectivity index (χ1) is 18.2. The van der Waals surface area contributed by atoms with Crippen LogP contribution < -0.4 is 10.6 Å². The maximum Gasteiger partial charge on any atom is 0.490 e. The molecule has 3 aromatic rings. The molecule has 0 amide bonds. The molecular weight excluding hydrogens is 561 g/mol. The standard InChI is InChI=1S/C23H25ClN4OS2.C2HF3O2/c1-25-18-11-5-4-9-16(18)20-17(10-3-2-6-12-29)19-21(31-20)22(28-23(24)27-19)26-14-15-8-7-13-30-15;3-2(4,5)1(6)7/h4-5,7-8,13,16,18,25,29H,2,6,9,11-12,14H2,1H3,(H,26,27,28);(H,6,7)/t16-,18-;/m1./s1.